The summed E-state index contributed by atoms with van der Waals surface area (Å²) in [5, 5.41) is 2.94. The zero-order valence-corrected chi connectivity index (χ0v) is 22.5. The van der Waals surface area contributed by atoms with Gasteiger partial charge in [-0.25, -0.2) is 0 Å². The molecule has 1 aliphatic rings. The van der Waals surface area contributed by atoms with E-state index >= 15 is 0 Å². The Hall–Kier alpha value is -3.96. The monoisotopic (exact) mass is 507 g/mol. The minimum absolute atomic E-state index is 0.0794. The first-order valence-electron chi connectivity index (χ1n) is 13.2. The van der Waals surface area contributed by atoms with Crippen molar-refractivity contribution in [1.29, 1.82) is 0 Å². The molecule has 3 aromatic rings. The van der Waals surface area contributed by atoms with Gasteiger partial charge < -0.3 is 5.32 Å². The van der Waals surface area contributed by atoms with Crippen LogP contribution in [0, 0.1) is 0 Å². The maximum atomic E-state index is 13.6. The number of nitrogens with one attached hydrogen (secondary N) is 1. The predicted octanol–water partition coefficient (Wildman–Crippen LogP) is 6.94. The number of para-hydroxylation sites is 3. The number of hydrogen-bond donors (Lipinski definition) is 1. The highest BCUT2D eigenvalue weighted by molar-refractivity contribution is 6.17. The van der Waals surface area contributed by atoms with Crippen LogP contribution in [0.2, 0.25) is 0 Å². The number of fused-ring (bicyclic) bond motifs is 2. The van der Waals surface area contributed by atoms with Crippen molar-refractivity contribution in [3.8, 4) is 0 Å². The fourth-order valence-electron chi connectivity index (χ4n) is 4.94. The summed E-state index contributed by atoms with van der Waals surface area (Å²) in [7, 11) is 0. The highest BCUT2D eigenvalue weighted by atomic mass is 16.2. The Balaban J connectivity index is 1.40. The Bertz CT molecular complexity index is 1310. The molecule has 2 amide bonds. The van der Waals surface area contributed by atoms with Crippen molar-refractivity contribution in [2.24, 2.45) is 0 Å². The number of carbonyl (C=O) groups excluding carboxylic acids is 2. The lowest BCUT2D eigenvalue weighted by Gasteiger charge is -2.24. The maximum absolute atomic E-state index is 13.6. The van der Waals surface area contributed by atoms with Crippen LogP contribution in [0.5, 0.6) is 0 Å². The van der Waals surface area contributed by atoms with E-state index in [2.05, 4.69) is 49.4 Å². The van der Waals surface area contributed by atoms with Gasteiger partial charge in [-0.15, -0.1) is 0 Å². The molecule has 0 unspecified atom stereocenters. The number of amides is 2. The highest BCUT2D eigenvalue weighted by Gasteiger charge is 2.28. The summed E-state index contributed by atoms with van der Waals surface area (Å²) < 4.78 is 0. The van der Waals surface area contributed by atoms with Crippen molar-refractivity contribution in [3.63, 3.8) is 0 Å². The molecular weight excluding hydrogens is 470 g/mol. The van der Waals surface area contributed by atoms with Crippen molar-refractivity contribution in [1.82, 2.24) is 4.90 Å². The molecule has 0 bridgehead atoms. The summed E-state index contributed by atoms with van der Waals surface area (Å²) in [6, 6.07) is 23.0. The van der Waals surface area contributed by atoms with E-state index in [1.807, 2.05) is 54.6 Å². The third-order valence-electron chi connectivity index (χ3n) is 6.59. The summed E-state index contributed by atoms with van der Waals surface area (Å²) in [6.07, 6.45) is 3.46. The fraction of sp³-hybridized carbons (Fsp3) is 0.273. The summed E-state index contributed by atoms with van der Waals surface area (Å²) in [5.74, 6) is -0.292. The summed E-state index contributed by atoms with van der Waals surface area (Å²) in [4.78, 5) is 30.5. The van der Waals surface area contributed by atoms with E-state index < -0.39 is 0 Å². The lowest BCUT2D eigenvalue weighted by Crippen LogP contribution is -2.28. The molecule has 1 aliphatic heterocycles. The minimum atomic E-state index is -0.213. The molecule has 0 saturated heterocycles. The quantitative estimate of drug-likeness (QED) is 0.226. The Morgan fingerprint density at radius 1 is 0.816 bits per heavy atom. The smallest absolute Gasteiger partial charge is 0.257 e. The van der Waals surface area contributed by atoms with Gasteiger partial charge in [0.15, 0.2) is 0 Å². The van der Waals surface area contributed by atoms with Crippen LogP contribution in [-0.2, 0) is 17.6 Å². The van der Waals surface area contributed by atoms with Crippen LogP contribution < -0.4 is 10.2 Å². The molecule has 0 aliphatic carbocycles. The molecule has 5 nitrogen and oxygen atoms in total. The molecule has 1 N–H and O–H groups in total. The molecule has 0 saturated carbocycles. The lowest BCUT2D eigenvalue weighted by atomic mass is 10.0. The molecule has 4 rings (SSSR count). The maximum Gasteiger partial charge on any atom is 0.257 e. The molecule has 0 spiro atoms. The molecule has 0 fully saturated rings. The van der Waals surface area contributed by atoms with E-state index in [0.717, 1.165) is 44.5 Å². The van der Waals surface area contributed by atoms with Crippen LogP contribution in [0.25, 0.3) is 0 Å². The standard InChI is InChI=1S/C33H37N3O2/c1-24(2)22-35(23-25(3)4)20-10-9-11-26-16-18-27(19-17-26)21-32(37)36-30-14-7-5-12-28(30)33(38)34-29-13-6-8-15-31(29)36/h5-8,12-19H,1,3,9-11,20-23H2,2,4H3,(H,34,38). The predicted molar refractivity (Wildman–Crippen MR) is 157 cm³/mol. The third-order valence-corrected chi connectivity index (χ3v) is 6.59. The first kappa shape index (κ1) is 27.1. The number of rotatable bonds is 11. The van der Waals surface area contributed by atoms with Crippen LogP contribution in [0.4, 0.5) is 17.1 Å². The van der Waals surface area contributed by atoms with Gasteiger partial charge in [0.25, 0.3) is 5.91 Å². The van der Waals surface area contributed by atoms with Gasteiger partial charge >= 0.3 is 0 Å². The number of anilines is 3. The van der Waals surface area contributed by atoms with Gasteiger partial charge in [0, 0.05) is 13.1 Å². The average Bonchev–Trinajstić information content (AvgIpc) is 3.00. The normalized spacial score (nSPS) is 12.4. The summed E-state index contributed by atoms with van der Waals surface area (Å²) >= 11 is 0. The Morgan fingerprint density at radius 3 is 2.11 bits per heavy atom. The fourth-order valence-corrected chi connectivity index (χ4v) is 4.94. The lowest BCUT2D eigenvalue weighted by molar-refractivity contribution is -0.117. The summed E-state index contributed by atoms with van der Waals surface area (Å²) in [5.41, 5.74) is 6.96. The zero-order valence-electron chi connectivity index (χ0n) is 22.5. The molecule has 0 atom stereocenters. The molecule has 196 valence electrons. The largest absolute Gasteiger partial charge is 0.320 e. The molecule has 0 radical (unpaired) electrons. The van der Waals surface area contributed by atoms with Crippen LogP contribution in [0.3, 0.4) is 0 Å². The Morgan fingerprint density at radius 2 is 1.42 bits per heavy atom. The Kier molecular flexibility index (Phi) is 8.93. The van der Waals surface area contributed by atoms with Crippen LogP contribution in [-0.4, -0.2) is 36.3 Å². The molecule has 5 heteroatoms. The SMILES string of the molecule is C=C(C)CN(CCCCc1ccc(CC(=O)N2c3ccccc3NC(=O)c3ccccc32)cc1)CC(=C)C. The van der Waals surface area contributed by atoms with Gasteiger partial charge in [0.1, 0.15) is 0 Å². The first-order valence-corrected chi connectivity index (χ1v) is 13.2. The first-order chi connectivity index (χ1) is 18.3. The van der Waals surface area contributed by atoms with Crippen molar-refractivity contribution >= 4 is 28.9 Å². The molecule has 0 aromatic heterocycles. The van der Waals surface area contributed by atoms with Gasteiger partial charge in [-0.2, -0.15) is 0 Å². The van der Waals surface area contributed by atoms with E-state index in [1.165, 1.54) is 16.7 Å². The second-order valence-electron chi connectivity index (χ2n) is 10.3. The van der Waals surface area contributed by atoms with Gasteiger partial charge in [-0.1, -0.05) is 72.8 Å². The Labute approximate surface area is 226 Å². The molecular formula is C33H37N3O2. The van der Waals surface area contributed by atoms with Crippen LogP contribution in [0.15, 0.2) is 97.1 Å². The van der Waals surface area contributed by atoms with Crippen molar-refractivity contribution in [2.45, 2.75) is 39.5 Å². The number of unbranched alkanes of at least 4 members (excludes halogenated alkanes) is 1. The van der Waals surface area contributed by atoms with Crippen molar-refractivity contribution < 1.29 is 9.59 Å². The number of nitrogens with zero attached hydrogens (tertiary/aromatic N) is 2. The topological polar surface area (TPSA) is 52.7 Å². The molecule has 1 heterocycles. The number of carbonyl (C=O) groups is 2. The van der Waals surface area contributed by atoms with Gasteiger partial charge in [0.2, 0.25) is 5.91 Å². The van der Waals surface area contributed by atoms with Crippen molar-refractivity contribution in [3.05, 3.63) is 114 Å². The van der Waals surface area contributed by atoms with E-state index in [4.69, 9.17) is 0 Å². The zero-order chi connectivity index (χ0) is 27.1. The average molecular weight is 508 g/mol. The van der Waals surface area contributed by atoms with E-state index in [-0.39, 0.29) is 18.2 Å². The number of aryl methyl sites for hydroxylation is 1. The molecule has 38 heavy (non-hydrogen) atoms. The highest BCUT2D eigenvalue weighted by Crippen LogP contribution is 2.38. The van der Waals surface area contributed by atoms with Gasteiger partial charge in [-0.3, -0.25) is 19.4 Å². The number of hydrogen-bond acceptors (Lipinski definition) is 3. The van der Waals surface area contributed by atoms with E-state index in [0.29, 0.717) is 22.6 Å². The molecule has 3 aromatic carbocycles. The van der Waals surface area contributed by atoms with Gasteiger partial charge in [0.05, 0.1) is 29.0 Å². The van der Waals surface area contributed by atoms with Crippen LogP contribution >= 0.6 is 0 Å². The van der Waals surface area contributed by atoms with Crippen molar-refractivity contribution in [2.75, 3.05) is 29.9 Å². The number of benzene rings is 3. The third kappa shape index (κ3) is 6.87. The van der Waals surface area contributed by atoms with Crippen LogP contribution in [0.1, 0.15) is 48.2 Å². The minimum Gasteiger partial charge on any atom is -0.320 e. The van der Waals surface area contributed by atoms with E-state index in [9.17, 15) is 9.59 Å². The summed E-state index contributed by atoms with van der Waals surface area (Å²) in [6.45, 7) is 15.1. The van der Waals surface area contributed by atoms with Gasteiger partial charge in [-0.05, 0) is 75.0 Å². The second kappa shape index (κ2) is 12.5. The van der Waals surface area contributed by atoms with E-state index in [1.54, 1.807) is 11.0 Å². The second-order valence-corrected chi connectivity index (χ2v) is 10.3.